The van der Waals surface area contributed by atoms with Gasteiger partial charge in [-0.25, -0.2) is 0 Å². The summed E-state index contributed by atoms with van der Waals surface area (Å²) in [7, 11) is 0. The molecule has 1 rings (SSSR count). The van der Waals surface area contributed by atoms with Crippen molar-refractivity contribution < 1.29 is 13.2 Å². The standard InChI is InChI=1S/C7H12F3N.ClH/c8-7(9,10)4-6(11)3-5-1-2-5;/h5-6H,1-4,11H2;1H. The van der Waals surface area contributed by atoms with Crippen molar-refractivity contribution in [3.8, 4) is 0 Å². The first-order valence-corrected chi connectivity index (χ1v) is 3.80. The van der Waals surface area contributed by atoms with Crippen LogP contribution < -0.4 is 5.73 Å². The zero-order chi connectivity index (χ0) is 8.48. The molecular weight excluding hydrogens is 191 g/mol. The predicted octanol–water partition coefficient (Wildman–Crippen LogP) is 2.49. The molecule has 0 spiro atoms. The molecule has 1 unspecified atom stereocenters. The van der Waals surface area contributed by atoms with Gasteiger partial charge in [0, 0.05) is 6.04 Å². The number of nitrogens with two attached hydrogens (primary N) is 1. The second-order valence-electron chi connectivity index (χ2n) is 3.26. The molecule has 0 bridgehead atoms. The SMILES string of the molecule is Cl.NC(CC1CC1)CC(F)(F)F. The lowest BCUT2D eigenvalue weighted by atomic mass is 10.1. The van der Waals surface area contributed by atoms with Crippen molar-refractivity contribution in [1.82, 2.24) is 0 Å². The third-order valence-corrected chi connectivity index (χ3v) is 1.83. The van der Waals surface area contributed by atoms with Gasteiger partial charge in [0.25, 0.3) is 0 Å². The van der Waals surface area contributed by atoms with Gasteiger partial charge in [-0.3, -0.25) is 0 Å². The minimum absolute atomic E-state index is 0. The van der Waals surface area contributed by atoms with Crippen molar-refractivity contribution in [2.45, 2.75) is 37.9 Å². The molecule has 0 aromatic carbocycles. The minimum Gasteiger partial charge on any atom is -0.327 e. The molecule has 5 heteroatoms. The fourth-order valence-corrected chi connectivity index (χ4v) is 1.16. The van der Waals surface area contributed by atoms with Gasteiger partial charge in [-0.15, -0.1) is 12.4 Å². The molecule has 0 radical (unpaired) electrons. The van der Waals surface area contributed by atoms with Gasteiger partial charge < -0.3 is 5.73 Å². The third kappa shape index (κ3) is 5.66. The Labute approximate surface area is 75.9 Å². The third-order valence-electron chi connectivity index (χ3n) is 1.83. The van der Waals surface area contributed by atoms with Crippen molar-refractivity contribution in [2.75, 3.05) is 0 Å². The molecule has 2 N–H and O–H groups in total. The molecule has 1 aliphatic carbocycles. The van der Waals surface area contributed by atoms with Gasteiger partial charge in [-0.1, -0.05) is 12.8 Å². The molecule has 74 valence electrons. The van der Waals surface area contributed by atoms with Gasteiger partial charge in [-0.2, -0.15) is 13.2 Å². The molecule has 12 heavy (non-hydrogen) atoms. The lowest BCUT2D eigenvalue weighted by Crippen LogP contribution is -2.27. The minimum atomic E-state index is -4.09. The van der Waals surface area contributed by atoms with E-state index in [4.69, 9.17) is 5.73 Å². The predicted molar refractivity (Wildman–Crippen MR) is 43.2 cm³/mol. The van der Waals surface area contributed by atoms with Crippen LogP contribution in [-0.4, -0.2) is 12.2 Å². The zero-order valence-corrected chi connectivity index (χ0v) is 7.42. The van der Waals surface area contributed by atoms with Gasteiger partial charge >= 0.3 is 6.18 Å². The Balaban J connectivity index is 0.00000121. The lowest BCUT2D eigenvalue weighted by molar-refractivity contribution is -0.138. The smallest absolute Gasteiger partial charge is 0.327 e. The molecule has 0 amide bonds. The van der Waals surface area contributed by atoms with Crippen molar-refractivity contribution in [3.63, 3.8) is 0 Å². The Morgan fingerprint density at radius 1 is 1.33 bits per heavy atom. The van der Waals surface area contributed by atoms with E-state index in [9.17, 15) is 13.2 Å². The van der Waals surface area contributed by atoms with Crippen molar-refractivity contribution in [1.29, 1.82) is 0 Å². The van der Waals surface area contributed by atoms with Crippen LogP contribution in [0.1, 0.15) is 25.7 Å². The first kappa shape index (κ1) is 12.0. The summed E-state index contributed by atoms with van der Waals surface area (Å²) < 4.78 is 35.1. The first-order valence-electron chi connectivity index (χ1n) is 3.80. The fourth-order valence-electron chi connectivity index (χ4n) is 1.16. The van der Waals surface area contributed by atoms with E-state index in [2.05, 4.69) is 0 Å². The van der Waals surface area contributed by atoms with Gasteiger partial charge in [0.2, 0.25) is 0 Å². The summed E-state index contributed by atoms with van der Waals surface area (Å²) >= 11 is 0. The number of rotatable bonds is 3. The number of hydrogen-bond donors (Lipinski definition) is 1. The van der Waals surface area contributed by atoms with E-state index < -0.39 is 18.6 Å². The maximum atomic E-state index is 11.7. The molecular formula is C7H13ClF3N. The van der Waals surface area contributed by atoms with E-state index in [1.807, 2.05) is 0 Å². The quantitative estimate of drug-likeness (QED) is 0.750. The van der Waals surface area contributed by atoms with Crippen molar-refractivity contribution in [3.05, 3.63) is 0 Å². The lowest BCUT2D eigenvalue weighted by Gasteiger charge is -2.12. The first-order chi connectivity index (χ1) is 4.97. The summed E-state index contributed by atoms with van der Waals surface area (Å²) in [6, 6.07) is -0.678. The molecule has 1 aliphatic rings. The normalized spacial score (nSPS) is 20.0. The number of halogens is 4. The zero-order valence-electron chi connectivity index (χ0n) is 6.60. The Kier molecular flexibility index (Phi) is 4.34. The fraction of sp³-hybridized carbons (Fsp3) is 1.00. The van der Waals surface area contributed by atoms with Crippen LogP contribution >= 0.6 is 12.4 Å². The highest BCUT2D eigenvalue weighted by Gasteiger charge is 2.33. The van der Waals surface area contributed by atoms with Crippen molar-refractivity contribution in [2.24, 2.45) is 11.7 Å². The van der Waals surface area contributed by atoms with Crippen molar-refractivity contribution >= 4 is 12.4 Å². The molecule has 0 aliphatic heterocycles. The summed E-state index contributed by atoms with van der Waals surface area (Å²) in [5.41, 5.74) is 5.28. The van der Waals surface area contributed by atoms with Crippen LogP contribution in [0.15, 0.2) is 0 Å². The summed E-state index contributed by atoms with van der Waals surface area (Å²) in [6.45, 7) is 0. The molecule has 0 aromatic rings. The Morgan fingerprint density at radius 3 is 2.17 bits per heavy atom. The average Bonchev–Trinajstić information content (AvgIpc) is 2.42. The molecule has 1 saturated carbocycles. The molecule has 0 saturated heterocycles. The van der Waals surface area contributed by atoms with E-state index in [1.165, 1.54) is 0 Å². The van der Waals surface area contributed by atoms with E-state index in [-0.39, 0.29) is 12.4 Å². The molecule has 0 aromatic heterocycles. The Morgan fingerprint density at radius 2 is 1.83 bits per heavy atom. The highest BCUT2D eigenvalue weighted by molar-refractivity contribution is 5.85. The van der Waals surface area contributed by atoms with Gasteiger partial charge in [0.1, 0.15) is 0 Å². The van der Waals surface area contributed by atoms with Gasteiger partial charge in [-0.05, 0) is 12.3 Å². The summed E-state index contributed by atoms with van der Waals surface area (Å²) in [5, 5.41) is 0. The maximum absolute atomic E-state index is 11.7. The summed E-state index contributed by atoms with van der Waals surface area (Å²) in [5.74, 6) is 0.479. The highest BCUT2D eigenvalue weighted by atomic mass is 35.5. The largest absolute Gasteiger partial charge is 0.390 e. The van der Waals surface area contributed by atoms with Crippen LogP contribution in [-0.2, 0) is 0 Å². The molecule has 1 atom stereocenters. The Bertz CT molecular complexity index is 133. The molecule has 1 nitrogen and oxygen atoms in total. The van der Waals surface area contributed by atoms with Crippen LogP contribution in [0, 0.1) is 5.92 Å². The average molecular weight is 204 g/mol. The van der Waals surface area contributed by atoms with E-state index in [0.717, 1.165) is 12.8 Å². The number of hydrogen-bond acceptors (Lipinski definition) is 1. The van der Waals surface area contributed by atoms with Crippen LogP contribution in [0.25, 0.3) is 0 Å². The van der Waals surface area contributed by atoms with Crippen LogP contribution in [0.4, 0.5) is 13.2 Å². The van der Waals surface area contributed by atoms with Crippen LogP contribution in [0.3, 0.4) is 0 Å². The van der Waals surface area contributed by atoms with Crippen LogP contribution in [0.2, 0.25) is 0 Å². The van der Waals surface area contributed by atoms with E-state index in [0.29, 0.717) is 12.3 Å². The Hall–Kier alpha value is 0.0400. The highest BCUT2D eigenvalue weighted by Crippen LogP contribution is 2.35. The van der Waals surface area contributed by atoms with Crippen LogP contribution in [0.5, 0.6) is 0 Å². The van der Waals surface area contributed by atoms with Gasteiger partial charge in [0.05, 0.1) is 6.42 Å². The number of alkyl halides is 3. The molecule has 1 fully saturated rings. The van der Waals surface area contributed by atoms with Gasteiger partial charge in [0.15, 0.2) is 0 Å². The van der Waals surface area contributed by atoms with E-state index in [1.54, 1.807) is 0 Å². The maximum Gasteiger partial charge on any atom is 0.390 e. The summed E-state index contributed by atoms with van der Waals surface area (Å²) in [4.78, 5) is 0. The second-order valence-corrected chi connectivity index (χ2v) is 3.26. The topological polar surface area (TPSA) is 26.0 Å². The molecule has 0 heterocycles. The van der Waals surface area contributed by atoms with E-state index >= 15 is 0 Å². The summed E-state index contributed by atoms with van der Waals surface area (Å²) in [6.07, 6.45) is -2.26. The second kappa shape index (κ2) is 4.33. The monoisotopic (exact) mass is 203 g/mol.